The van der Waals surface area contributed by atoms with Crippen LogP contribution in [0.15, 0.2) is 30.3 Å². The molecule has 1 amide bonds. The van der Waals surface area contributed by atoms with Gasteiger partial charge in [-0.1, -0.05) is 30.3 Å². The highest BCUT2D eigenvalue weighted by molar-refractivity contribution is 5.68. The van der Waals surface area contributed by atoms with Crippen molar-refractivity contribution in [3.63, 3.8) is 0 Å². The maximum Gasteiger partial charge on any atom is 0.410 e. The van der Waals surface area contributed by atoms with Crippen LogP contribution in [0.1, 0.15) is 26.3 Å². The summed E-state index contributed by atoms with van der Waals surface area (Å²) in [6.07, 6.45) is -1.49. The van der Waals surface area contributed by atoms with Crippen molar-refractivity contribution in [1.82, 2.24) is 9.80 Å². The standard InChI is InChI=1S/C17H25FN2O2/c1-17(2,3)22-16(21)20-10-9-19(12-15(18)13-20)11-14-7-5-4-6-8-14/h4-8,15H,9-13H2,1-3H3. The smallest absolute Gasteiger partial charge is 0.410 e. The van der Waals surface area contributed by atoms with Crippen molar-refractivity contribution in [3.8, 4) is 0 Å². The molecule has 1 unspecified atom stereocenters. The van der Waals surface area contributed by atoms with E-state index in [0.717, 1.165) is 5.56 Å². The van der Waals surface area contributed by atoms with E-state index in [1.807, 2.05) is 56.0 Å². The van der Waals surface area contributed by atoms with E-state index in [1.165, 1.54) is 4.90 Å². The maximum absolute atomic E-state index is 14.1. The van der Waals surface area contributed by atoms with Gasteiger partial charge in [-0.3, -0.25) is 4.90 Å². The monoisotopic (exact) mass is 308 g/mol. The third-order valence-corrected chi connectivity index (χ3v) is 3.46. The molecule has 0 saturated carbocycles. The van der Waals surface area contributed by atoms with Crippen LogP contribution < -0.4 is 0 Å². The first-order valence-corrected chi connectivity index (χ1v) is 7.72. The summed E-state index contributed by atoms with van der Waals surface area (Å²) in [6, 6.07) is 9.99. The van der Waals surface area contributed by atoms with Gasteiger partial charge in [-0.05, 0) is 26.3 Å². The molecule has 5 heteroatoms. The van der Waals surface area contributed by atoms with Gasteiger partial charge in [-0.2, -0.15) is 0 Å². The van der Waals surface area contributed by atoms with Crippen molar-refractivity contribution < 1.29 is 13.9 Å². The Kier molecular flexibility index (Phi) is 5.40. The molecule has 1 fully saturated rings. The van der Waals surface area contributed by atoms with E-state index < -0.39 is 17.9 Å². The predicted molar refractivity (Wildman–Crippen MR) is 84.4 cm³/mol. The highest BCUT2D eigenvalue weighted by Crippen LogP contribution is 2.15. The molecule has 2 rings (SSSR count). The summed E-state index contributed by atoms with van der Waals surface area (Å²) in [6.45, 7) is 7.72. The van der Waals surface area contributed by atoms with E-state index in [1.54, 1.807) is 0 Å². The number of halogens is 1. The molecule has 122 valence electrons. The molecule has 4 nitrogen and oxygen atoms in total. The van der Waals surface area contributed by atoms with Crippen molar-refractivity contribution in [2.45, 2.75) is 39.1 Å². The summed E-state index contributed by atoms with van der Waals surface area (Å²) in [7, 11) is 0. The van der Waals surface area contributed by atoms with Crippen LogP contribution in [0.5, 0.6) is 0 Å². The molecule has 0 radical (unpaired) electrons. The fourth-order valence-electron chi connectivity index (χ4n) is 2.50. The second kappa shape index (κ2) is 7.09. The molecule has 1 heterocycles. The number of carbonyl (C=O) groups is 1. The van der Waals surface area contributed by atoms with E-state index in [0.29, 0.717) is 26.2 Å². The summed E-state index contributed by atoms with van der Waals surface area (Å²) in [5.41, 5.74) is 0.597. The number of nitrogens with zero attached hydrogens (tertiary/aromatic N) is 2. The Bertz CT molecular complexity index is 487. The summed E-state index contributed by atoms with van der Waals surface area (Å²) in [5, 5.41) is 0. The Balaban J connectivity index is 1.94. The third-order valence-electron chi connectivity index (χ3n) is 3.46. The lowest BCUT2D eigenvalue weighted by molar-refractivity contribution is 0.0229. The van der Waals surface area contributed by atoms with Crippen LogP contribution in [0.25, 0.3) is 0 Å². The molecule has 0 aliphatic carbocycles. The molecule has 22 heavy (non-hydrogen) atoms. The third kappa shape index (κ3) is 5.30. The number of hydrogen-bond donors (Lipinski definition) is 0. The van der Waals surface area contributed by atoms with E-state index in [9.17, 15) is 9.18 Å². The molecule has 0 N–H and O–H groups in total. The summed E-state index contributed by atoms with van der Waals surface area (Å²) in [5.74, 6) is 0. The van der Waals surface area contributed by atoms with Crippen molar-refractivity contribution >= 4 is 6.09 Å². The van der Waals surface area contributed by atoms with Gasteiger partial charge < -0.3 is 9.64 Å². The maximum atomic E-state index is 14.1. The largest absolute Gasteiger partial charge is 0.444 e. The lowest BCUT2D eigenvalue weighted by Gasteiger charge is -2.26. The topological polar surface area (TPSA) is 32.8 Å². The molecule has 1 atom stereocenters. The number of rotatable bonds is 2. The lowest BCUT2D eigenvalue weighted by Crippen LogP contribution is -2.40. The Labute approximate surface area is 131 Å². The van der Waals surface area contributed by atoms with Crippen LogP contribution in [-0.4, -0.2) is 53.8 Å². The lowest BCUT2D eigenvalue weighted by atomic mass is 10.2. The molecule has 1 aromatic carbocycles. The number of alkyl halides is 1. The van der Waals surface area contributed by atoms with Gasteiger partial charge in [-0.15, -0.1) is 0 Å². The fraction of sp³-hybridized carbons (Fsp3) is 0.588. The number of ether oxygens (including phenoxy) is 1. The number of amides is 1. The molecule has 0 aromatic heterocycles. The normalized spacial score (nSPS) is 20.5. The van der Waals surface area contributed by atoms with Gasteiger partial charge in [-0.25, -0.2) is 9.18 Å². The average Bonchev–Trinajstić information content (AvgIpc) is 2.60. The number of carbonyl (C=O) groups excluding carboxylic acids is 1. The van der Waals surface area contributed by atoms with E-state index in [-0.39, 0.29) is 6.54 Å². The molecular weight excluding hydrogens is 283 g/mol. The van der Waals surface area contributed by atoms with Crippen LogP contribution in [0.3, 0.4) is 0 Å². The molecule has 0 bridgehead atoms. The van der Waals surface area contributed by atoms with Gasteiger partial charge in [0.2, 0.25) is 0 Å². The van der Waals surface area contributed by atoms with Crippen LogP contribution in [-0.2, 0) is 11.3 Å². The number of hydrogen-bond acceptors (Lipinski definition) is 3. The van der Waals surface area contributed by atoms with Gasteiger partial charge in [0.15, 0.2) is 0 Å². The van der Waals surface area contributed by atoms with Crippen molar-refractivity contribution in [2.75, 3.05) is 26.2 Å². The second-order valence-corrected chi connectivity index (χ2v) is 6.74. The Hall–Kier alpha value is -1.62. The van der Waals surface area contributed by atoms with Crippen LogP contribution in [0, 0.1) is 0 Å². The first-order chi connectivity index (χ1) is 10.3. The fourth-order valence-corrected chi connectivity index (χ4v) is 2.50. The van der Waals surface area contributed by atoms with Gasteiger partial charge in [0.05, 0.1) is 6.54 Å². The minimum absolute atomic E-state index is 0.0974. The zero-order chi connectivity index (χ0) is 16.2. The molecule has 0 spiro atoms. The first-order valence-electron chi connectivity index (χ1n) is 7.72. The minimum Gasteiger partial charge on any atom is -0.444 e. The molecule has 1 aromatic rings. The average molecular weight is 308 g/mol. The molecular formula is C17H25FN2O2. The first kappa shape index (κ1) is 16.7. The highest BCUT2D eigenvalue weighted by Gasteiger charge is 2.28. The number of benzene rings is 1. The zero-order valence-electron chi connectivity index (χ0n) is 13.6. The summed E-state index contributed by atoms with van der Waals surface area (Å²) in [4.78, 5) is 15.6. The summed E-state index contributed by atoms with van der Waals surface area (Å²) >= 11 is 0. The van der Waals surface area contributed by atoms with Gasteiger partial charge in [0.25, 0.3) is 0 Å². The van der Waals surface area contributed by atoms with E-state index in [2.05, 4.69) is 0 Å². The summed E-state index contributed by atoms with van der Waals surface area (Å²) < 4.78 is 19.5. The molecule has 1 saturated heterocycles. The Morgan fingerprint density at radius 1 is 1.23 bits per heavy atom. The van der Waals surface area contributed by atoms with E-state index in [4.69, 9.17) is 4.74 Å². The molecule has 1 aliphatic rings. The highest BCUT2D eigenvalue weighted by atomic mass is 19.1. The van der Waals surface area contributed by atoms with Gasteiger partial charge >= 0.3 is 6.09 Å². The van der Waals surface area contributed by atoms with Crippen molar-refractivity contribution in [2.24, 2.45) is 0 Å². The minimum atomic E-state index is -1.06. The van der Waals surface area contributed by atoms with Crippen molar-refractivity contribution in [1.29, 1.82) is 0 Å². The van der Waals surface area contributed by atoms with Gasteiger partial charge in [0, 0.05) is 26.2 Å². The SMILES string of the molecule is CC(C)(C)OC(=O)N1CCN(Cc2ccccc2)CC(F)C1. The van der Waals surface area contributed by atoms with Crippen LogP contribution >= 0.6 is 0 Å². The quantitative estimate of drug-likeness (QED) is 0.842. The predicted octanol–water partition coefficient (Wildman–Crippen LogP) is 3.08. The second-order valence-electron chi connectivity index (χ2n) is 6.74. The zero-order valence-corrected chi connectivity index (χ0v) is 13.6. The van der Waals surface area contributed by atoms with E-state index >= 15 is 0 Å². The van der Waals surface area contributed by atoms with Crippen molar-refractivity contribution in [3.05, 3.63) is 35.9 Å². The Morgan fingerprint density at radius 3 is 2.55 bits per heavy atom. The van der Waals surface area contributed by atoms with Gasteiger partial charge in [0.1, 0.15) is 11.8 Å². The van der Waals surface area contributed by atoms with Crippen LogP contribution in [0.2, 0.25) is 0 Å². The Morgan fingerprint density at radius 2 is 1.91 bits per heavy atom. The molecule has 1 aliphatic heterocycles. The van der Waals surface area contributed by atoms with Crippen LogP contribution in [0.4, 0.5) is 9.18 Å².